The topological polar surface area (TPSA) is 76.7 Å². The van der Waals surface area contributed by atoms with E-state index in [4.69, 9.17) is 10.7 Å². The Hall–Kier alpha value is -2.99. The molecule has 2 aromatic carbocycles. The van der Waals surface area contributed by atoms with Crippen LogP contribution in [0.1, 0.15) is 37.5 Å². The molecule has 0 aliphatic carbocycles. The summed E-state index contributed by atoms with van der Waals surface area (Å²) in [4.78, 5) is 14.6. The van der Waals surface area contributed by atoms with Gasteiger partial charge in [0.2, 0.25) is 0 Å². The smallest absolute Gasteiger partial charge is 0.189 e. The summed E-state index contributed by atoms with van der Waals surface area (Å²) in [6.45, 7) is 10.8. The number of nitrogen functional groups attached to an aromatic ring is 1. The molecule has 0 amide bonds. The molecule has 5 nitrogen and oxygen atoms in total. The molecule has 0 fully saturated rings. The summed E-state index contributed by atoms with van der Waals surface area (Å²) in [5.41, 5.74) is 12.6. The summed E-state index contributed by atoms with van der Waals surface area (Å²) >= 11 is 1.49. The van der Waals surface area contributed by atoms with Crippen molar-refractivity contribution in [2.45, 2.75) is 40.0 Å². The number of hydrogen-bond donors (Lipinski definition) is 2. The van der Waals surface area contributed by atoms with E-state index in [1.165, 1.54) is 28.0 Å². The van der Waals surface area contributed by atoms with Gasteiger partial charge in [-0.1, -0.05) is 74.6 Å². The van der Waals surface area contributed by atoms with Gasteiger partial charge < -0.3 is 11.1 Å². The van der Waals surface area contributed by atoms with Crippen LogP contribution in [-0.4, -0.2) is 15.0 Å². The number of nitrogens with two attached hydrogens (primary N) is 1. The van der Waals surface area contributed by atoms with Gasteiger partial charge in [0.15, 0.2) is 21.6 Å². The van der Waals surface area contributed by atoms with Crippen LogP contribution in [0.25, 0.3) is 21.7 Å². The Kier molecular flexibility index (Phi) is 4.74. The maximum absolute atomic E-state index is 6.23. The Morgan fingerprint density at radius 1 is 0.897 bits per heavy atom. The standard InChI is InChI=1S/C23H25N5S/c1-13-7-6-8-14(2)17(13)25-22-26-18-19(24)27-20(28-21(18)29-22)15-9-11-16(12-10-15)23(3,4)5/h6-12H,1-5H3,(H,25,26)(H2,24,27,28). The van der Waals surface area contributed by atoms with E-state index < -0.39 is 0 Å². The van der Waals surface area contributed by atoms with Gasteiger partial charge in [0.05, 0.1) is 0 Å². The Bertz CT molecular complexity index is 1170. The van der Waals surface area contributed by atoms with Crippen molar-refractivity contribution >= 4 is 38.3 Å². The monoisotopic (exact) mass is 403 g/mol. The molecule has 0 aliphatic rings. The van der Waals surface area contributed by atoms with Crippen LogP contribution in [0, 0.1) is 13.8 Å². The summed E-state index contributed by atoms with van der Waals surface area (Å²) in [5.74, 6) is 1.02. The molecule has 2 heterocycles. The normalized spacial score (nSPS) is 11.8. The number of nitrogens with one attached hydrogen (secondary N) is 1. The van der Waals surface area contributed by atoms with Crippen molar-refractivity contribution in [3.63, 3.8) is 0 Å². The van der Waals surface area contributed by atoms with Gasteiger partial charge in [-0.15, -0.1) is 0 Å². The number of nitrogens with zero attached hydrogens (tertiary/aromatic N) is 3. The lowest BCUT2D eigenvalue weighted by molar-refractivity contribution is 0.590. The predicted molar refractivity (Wildman–Crippen MR) is 123 cm³/mol. The Labute approximate surface area is 175 Å². The van der Waals surface area contributed by atoms with Crippen LogP contribution in [-0.2, 0) is 5.41 Å². The summed E-state index contributed by atoms with van der Waals surface area (Å²) < 4.78 is 0. The molecule has 2 aromatic heterocycles. The Morgan fingerprint density at radius 2 is 1.55 bits per heavy atom. The Morgan fingerprint density at radius 3 is 2.17 bits per heavy atom. The lowest BCUT2D eigenvalue weighted by Gasteiger charge is -2.18. The van der Waals surface area contributed by atoms with Gasteiger partial charge in [-0.3, -0.25) is 0 Å². The van der Waals surface area contributed by atoms with E-state index in [0.29, 0.717) is 17.2 Å². The van der Waals surface area contributed by atoms with E-state index in [9.17, 15) is 0 Å². The zero-order chi connectivity index (χ0) is 20.8. The number of aryl methyl sites for hydroxylation is 2. The first-order valence-corrected chi connectivity index (χ1v) is 10.4. The van der Waals surface area contributed by atoms with Crippen LogP contribution in [0.15, 0.2) is 42.5 Å². The van der Waals surface area contributed by atoms with Crippen LogP contribution in [0.2, 0.25) is 0 Å². The first-order chi connectivity index (χ1) is 13.7. The fourth-order valence-corrected chi connectivity index (χ4v) is 4.12. The molecule has 4 rings (SSSR count). The second-order valence-electron chi connectivity index (χ2n) is 8.32. The Balaban J connectivity index is 1.71. The van der Waals surface area contributed by atoms with Gasteiger partial charge in [-0.25, -0.2) is 15.0 Å². The van der Waals surface area contributed by atoms with Crippen molar-refractivity contribution in [1.29, 1.82) is 0 Å². The molecule has 0 aliphatic heterocycles. The third-order valence-electron chi connectivity index (χ3n) is 5.01. The van der Waals surface area contributed by atoms with E-state index in [-0.39, 0.29) is 5.41 Å². The molecule has 148 valence electrons. The van der Waals surface area contributed by atoms with E-state index in [2.05, 4.69) is 92.4 Å². The van der Waals surface area contributed by atoms with Gasteiger partial charge in [0, 0.05) is 11.3 Å². The molecule has 0 bridgehead atoms. The summed E-state index contributed by atoms with van der Waals surface area (Å²) in [7, 11) is 0. The molecule has 29 heavy (non-hydrogen) atoms. The van der Waals surface area contributed by atoms with Crippen LogP contribution in [0.4, 0.5) is 16.6 Å². The van der Waals surface area contributed by atoms with Crippen LogP contribution < -0.4 is 11.1 Å². The predicted octanol–water partition coefficient (Wildman–Crippen LogP) is 5.99. The number of fused-ring (bicyclic) bond motifs is 1. The molecule has 0 saturated heterocycles. The molecule has 4 aromatic rings. The first kappa shape index (κ1) is 19.3. The fourth-order valence-electron chi connectivity index (χ4n) is 3.26. The van der Waals surface area contributed by atoms with Gasteiger partial charge in [0.25, 0.3) is 0 Å². The van der Waals surface area contributed by atoms with Crippen LogP contribution >= 0.6 is 11.3 Å². The average molecular weight is 404 g/mol. The maximum atomic E-state index is 6.23. The molecule has 0 unspecified atom stereocenters. The SMILES string of the molecule is Cc1cccc(C)c1Nc1nc2c(N)nc(-c3ccc(C(C)(C)C)cc3)nc2s1. The lowest BCUT2D eigenvalue weighted by Crippen LogP contribution is -2.10. The van der Waals surface area contributed by atoms with Gasteiger partial charge >= 0.3 is 0 Å². The number of aromatic nitrogens is 3. The van der Waals surface area contributed by atoms with Crippen molar-refractivity contribution in [2.75, 3.05) is 11.1 Å². The summed E-state index contributed by atoms with van der Waals surface area (Å²) in [5, 5.41) is 4.19. The second kappa shape index (κ2) is 7.12. The van der Waals surface area contributed by atoms with E-state index >= 15 is 0 Å². The molecular formula is C23H25N5S. The van der Waals surface area contributed by atoms with Crippen molar-refractivity contribution in [2.24, 2.45) is 0 Å². The maximum Gasteiger partial charge on any atom is 0.189 e. The number of thiazole rings is 1. The molecular weight excluding hydrogens is 378 g/mol. The number of rotatable bonds is 3. The highest BCUT2D eigenvalue weighted by Gasteiger charge is 2.16. The van der Waals surface area contributed by atoms with E-state index in [1.807, 2.05) is 0 Å². The van der Waals surface area contributed by atoms with Crippen molar-refractivity contribution in [3.8, 4) is 11.4 Å². The van der Waals surface area contributed by atoms with Crippen LogP contribution in [0.5, 0.6) is 0 Å². The third-order valence-corrected chi connectivity index (χ3v) is 5.87. The highest BCUT2D eigenvalue weighted by molar-refractivity contribution is 7.21. The van der Waals surface area contributed by atoms with Crippen molar-refractivity contribution < 1.29 is 0 Å². The number of benzene rings is 2. The van der Waals surface area contributed by atoms with Gasteiger partial charge in [-0.05, 0) is 36.0 Å². The highest BCUT2D eigenvalue weighted by Crippen LogP contribution is 2.33. The molecule has 0 spiro atoms. The minimum atomic E-state index is 0.105. The van der Waals surface area contributed by atoms with E-state index in [1.54, 1.807) is 0 Å². The van der Waals surface area contributed by atoms with Crippen molar-refractivity contribution in [3.05, 3.63) is 59.2 Å². The fraction of sp³-hybridized carbons (Fsp3) is 0.261. The number of hydrogen-bond acceptors (Lipinski definition) is 6. The largest absolute Gasteiger partial charge is 0.382 e. The number of para-hydroxylation sites is 1. The molecule has 6 heteroatoms. The first-order valence-electron chi connectivity index (χ1n) is 9.60. The zero-order valence-corrected chi connectivity index (χ0v) is 18.2. The quantitative estimate of drug-likeness (QED) is 0.439. The lowest BCUT2D eigenvalue weighted by atomic mass is 9.87. The molecule has 0 radical (unpaired) electrons. The second-order valence-corrected chi connectivity index (χ2v) is 9.30. The summed E-state index contributed by atoms with van der Waals surface area (Å²) in [6.07, 6.45) is 0. The average Bonchev–Trinajstić information content (AvgIpc) is 3.08. The molecule has 0 atom stereocenters. The van der Waals surface area contributed by atoms with Gasteiger partial charge in [-0.2, -0.15) is 0 Å². The summed E-state index contributed by atoms with van der Waals surface area (Å²) in [6, 6.07) is 14.6. The van der Waals surface area contributed by atoms with Crippen molar-refractivity contribution in [1.82, 2.24) is 15.0 Å². The minimum absolute atomic E-state index is 0.105. The van der Waals surface area contributed by atoms with Crippen LogP contribution in [0.3, 0.4) is 0 Å². The third kappa shape index (κ3) is 3.80. The van der Waals surface area contributed by atoms with E-state index in [0.717, 1.165) is 21.2 Å². The minimum Gasteiger partial charge on any atom is -0.382 e. The molecule has 3 N–H and O–H groups in total. The number of anilines is 3. The highest BCUT2D eigenvalue weighted by atomic mass is 32.1. The van der Waals surface area contributed by atoms with Gasteiger partial charge in [0.1, 0.15) is 5.52 Å². The molecule has 0 saturated carbocycles. The zero-order valence-electron chi connectivity index (χ0n) is 17.4.